The minimum atomic E-state index is -0.949. The zero-order valence-corrected chi connectivity index (χ0v) is 11.4. The van der Waals surface area contributed by atoms with Gasteiger partial charge in [0.2, 0.25) is 0 Å². The van der Waals surface area contributed by atoms with E-state index < -0.39 is 5.97 Å². The molecule has 2 N–H and O–H groups in total. The third-order valence-electron chi connectivity index (χ3n) is 2.75. The van der Waals surface area contributed by atoms with Gasteiger partial charge in [-0.3, -0.25) is 0 Å². The molecular formula is C14H21NO4. The summed E-state index contributed by atoms with van der Waals surface area (Å²) in [6.07, 6.45) is 0.988. The van der Waals surface area contributed by atoms with Crippen LogP contribution >= 0.6 is 0 Å². The van der Waals surface area contributed by atoms with Gasteiger partial charge in [-0.25, -0.2) is 4.79 Å². The van der Waals surface area contributed by atoms with Crippen molar-refractivity contribution in [2.24, 2.45) is 0 Å². The minimum Gasteiger partial charge on any atom is -0.492 e. The molecule has 19 heavy (non-hydrogen) atoms. The van der Waals surface area contributed by atoms with Gasteiger partial charge in [0.15, 0.2) is 0 Å². The lowest BCUT2D eigenvalue weighted by atomic mass is 10.2. The van der Waals surface area contributed by atoms with Crippen LogP contribution in [0.15, 0.2) is 24.3 Å². The molecule has 0 aliphatic rings. The summed E-state index contributed by atoms with van der Waals surface area (Å²) in [6.45, 7) is 3.95. The van der Waals surface area contributed by atoms with Crippen LogP contribution in [0.1, 0.15) is 23.7 Å². The molecule has 0 saturated carbocycles. The lowest BCUT2D eigenvalue weighted by molar-refractivity contribution is 0.0696. The molecule has 1 atom stereocenters. The Hall–Kier alpha value is -1.59. The van der Waals surface area contributed by atoms with Gasteiger partial charge in [-0.1, -0.05) is 13.0 Å². The number of hydrogen-bond acceptors (Lipinski definition) is 4. The van der Waals surface area contributed by atoms with Crippen molar-refractivity contribution in [3.05, 3.63) is 29.8 Å². The normalized spacial score (nSPS) is 12.1. The van der Waals surface area contributed by atoms with Crippen molar-refractivity contribution in [2.75, 3.05) is 26.9 Å². The highest BCUT2D eigenvalue weighted by molar-refractivity contribution is 5.87. The maximum absolute atomic E-state index is 10.8. The summed E-state index contributed by atoms with van der Waals surface area (Å²) in [5, 5.41) is 12.2. The first-order valence-corrected chi connectivity index (χ1v) is 6.35. The number of methoxy groups -OCH3 is 1. The van der Waals surface area contributed by atoms with Crippen LogP contribution in [0.2, 0.25) is 0 Å². The van der Waals surface area contributed by atoms with E-state index in [4.69, 9.17) is 14.6 Å². The molecule has 5 nitrogen and oxygen atoms in total. The first-order chi connectivity index (χ1) is 9.17. The van der Waals surface area contributed by atoms with Gasteiger partial charge >= 0.3 is 5.97 Å². The molecule has 0 heterocycles. The molecule has 0 bridgehead atoms. The fourth-order valence-electron chi connectivity index (χ4n) is 1.67. The van der Waals surface area contributed by atoms with Gasteiger partial charge in [0.05, 0.1) is 12.2 Å². The van der Waals surface area contributed by atoms with E-state index in [2.05, 4.69) is 12.2 Å². The fraction of sp³-hybridized carbons (Fsp3) is 0.500. The maximum atomic E-state index is 10.8. The summed E-state index contributed by atoms with van der Waals surface area (Å²) >= 11 is 0. The Kier molecular flexibility index (Phi) is 6.92. The van der Waals surface area contributed by atoms with E-state index in [9.17, 15) is 4.79 Å². The SMILES string of the molecule is CCC(COC)NCCOc1cccc(C(=O)O)c1. The lowest BCUT2D eigenvalue weighted by Crippen LogP contribution is -2.35. The maximum Gasteiger partial charge on any atom is 0.335 e. The zero-order chi connectivity index (χ0) is 14.1. The van der Waals surface area contributed by atoms with Gasteiger partial charge in [-0.05, 0) is 24.6 Å². The van der Waals surface area contributed by atoms with Crippen molar-refractivity contribution in [2.45, 2.75) is 19.4 Å². The van der Waals surface area contributed by atoms with Crippen molar-refractivity contribution in [1.82, 2.24) is 5.32 Å². The molecule has 0 saturated heterocycles. The molecule has 0 aromatic heterocycles. The van der Waals surface area contributed by atoms with Gasteiger partial charge in [0.25, 0.3) is 0 Å². The molecule has 0 fully saturated rings. The summed E-state index contributed by atoms with van der Waals surface area (Å²) < 4.78 is 10.6. The van der Waals surface area contributed by atoms with E-state index in [1.54, 1.807) is 25.3 Å². The van der Waals surface area contributed by atoms with Crippen LogP contribution in [0.5, 0.6) is 5.75 Å². The Labute approximate surface area is 113 Å². The van der Waals surface area contributed by atoms with E-state index in [0.29, 0.717) is 31.5 Å². The van der Waals surface area contributed by atoms with Crippen LogP contribution < -0.4 is 10.1 Å². The number of carbonyl (C=O) groups is 1. The highest BCUT2D eigenvalue weighted by Gasteiger charge is 2.05. The van der Waals surface area contributed by atoms with Crippen molar-refractivity contribution >= 4 is 5.97 Å². The predicted molar refractivity (Wildman–Crippen MR) is 72.9 cm³/mol. The molecule has 106 valence electrons. The van der Waals surface area contributed by atoms with Crippen LogP contribution in [0.4, 0.5) is 0 Å². The van der Waals surface area contributed by atoms with Gasteiger partial charge in [0.1, 0.15) is 12.4 Å². The Balaban J connectivity index is 2.33. The molecule has 5 heteroatoms. The predicted octanol–water partition coefficient (Wildman–Crippen LogP) is 1.78. The van der Waals surface area contributed by atoms with Gasteiger partial charge in [0, 0.05) is 19.7 Å². The molecule has 1 rings (SSSR count). The third-order valence-corrected chi connectivity index (χ3v) is 2.75. The summed E-state index contributed by atoms with van der Waals surface area (Å²) in [5.74, 6) is -0.379. The first kappa shape index (κ1) is 15.5. The van der Waals surface area contributed by atoms with E-state index in [0.717, 1.165) is 6.42 Å². The number of nitrogens with one attached hydrogen (secondary N) is 1. The second-order valence-corrected chi connectivity index (χ2v) is 4.20. The Bertz CT molecular complexity index is 395. The standard InChI is InChI=1S/C14H21NO4/c1-3-12(10-18-2)15-7-8-19-13-6-4-5-11(9-13)14(16)17/h4-6,9,12,15H,3,7-8,10H2,1-2H3,(H,16,17). The average Bonchev–Trinajstić information content (AvgIpc) is 2.42. The zero-order valence-electron chi connectivity index (χ0n) is 11.4. The summed E-state index contributed by atoms with van der Waals surface area (Å²) in [4.78, 5) is 10.8. The fourth-order valence-corrected chi connectivity index (χ4v) is 1.67. The summed E-state index contributed by atoms with van der Waals surface area (Å²) in [7, 11) is 1.68. The molecule has 0 aliphatic heterocycles. The third kappa shape index (κ3) is 5.72. The van der Waals surface area contributed by atoms with Crippen molar-refractivity contribution in [1.29, 1.82) is 0 Å². The topological polar surface area (TPSA) is 67.8 Å². The van der Waals surface area contributed by atoms with Crippen LogP contribution in [0.25, 0.3) is 0 Å². The quantitative estimate of drug-likeness (QED) is 0.667. The number of ether oxygens (including phenoxy) is 2. The van der Waals surface area contributed by atoms with E-state index >= 15 is 0 Å². The van der Waals surface area contributed by atoms with Crippen LogP contribution in [-0.2, 0) is 4.74 Å². The number of carboxylic acid groups (broad SMARTS) is 1. The number of benzene rings is 1. The minimum absolute atomic E-state index is 0.233. The second-order valence-electron chi connectivity index (χ2n) is 4.20. The van der Waals surface area contributed by atoms with E-state index in [1.165, 1.54) is 6.07 Å². The number of aromatic carboxylic acids is 1. The molecular weight excluding hydrogens is 246 g/mol. The largest absolute Gasteiger partial charge is 0.492 e. The highest BCUT2D eigenvalue weighted by Crippen LogP contribution is 2.12. The Morgan fingerprint density at radius 1 is 1.47 bits per heavy atom. The Morgan fingerprint density at radius 2 is 2.26 bits per heavy atom. The van der Waals surface area contributed by atoms with Crippen LogP contribution in [0.3, 0.4) is 0 Å². The molecule has 0 spiro atoms. The molecule has 1 aromatic rings. The lowest BCUT2D eigenvalue weighted by Gasteiger charge is -2.16. The van der Waals surface area contributed by atoms with Gasteiger partial charge in [-0.15, -0.1) is 0 Å². The van der Waals surface area contributed by atoms with Crippen molar-refractivity contribution in [3.8, 4) is 5.75 Å². The Morgan fingerprint density at radius 3 is 2.89 bits per heavy atom. The summed E-state index contributed by atoms with van der Waals surface area (Å²) in [6, 6.07) is 6.80. The molecule has 0 radical (unpaired) electrons. The number of rotatable bonds is 9. The second kappa shape index (κ2) is 8.50. The van der Waals surface area contributed by atoms with Gasteiger partial charge in [-0.2, -0.15) is 0 Å². The van der Waals surface area contributed by atoms with Gasteiger partial charge < -0.3 is 19.9 Å². The first-order valence-electron chi connectivity index (χ1n) is 6.35. The number of hydrogen-bond donors (Lipinski definition) is 2. The molecule has 1 aromatic carbocycles. The average molecular weight is 267 g/mol. The molecule has 0 aliphatic carbocycles. The van der Waals surface area contributed by atoms with Crippen molar-refractivity contribution < 1.29 is 19.4 Å². The van der Waals surface area contributed by atoms with Crippen LogP contribution in [0, 0.1) is 0 Å². The van der Waals surface area contributed by atoms with E-state index in [1.807, 2.05) is 0 Å². The molecule has 0 amide bonds. The van der Waals surface area contributed by atoms with E-state index in [-0.39, 0.29) is 5.56 Å². The summed E-state index contributed by atoms with van der Waals surface area (Å²) in [5.41, 5.74) is 0.233. The smallest absolute Gasteiger partial charge is 0.335 e. The highest BCUT2D eigenvalue weighted by atomic mass is 16.5. The molecule has 1 unspecified atom stereocenters. The van der Waals surface area contributed by atoms with Crippen LogP contribution in [-0.4, -0.2) is 44.0 Å². The van der Waals surface area contributed by atoms with Crippen molar-refractivity contribution in [3.63, 3.8) is 0 Å². The monoisotopic (exact) mass is 267 g/mol. The number of carboxylic acids is 1.